The molecule has 118 valence electrons. The summed E-state index contributed by atoms with van der Waals surface area (Å²) in [6.45, 7) is 1.89. The lowest BCUT2D eigenvalue weighted by molar-refractivity contribution is -0.120. The number of nitrogens with one attached hydrogen (secondary N) is 1. The number of rotatable bonds is 4. The van der Waals surface area contributed by atoms with Gasteiger partial charge >= 0.3 is 0 Å². The maximum absolute atomic E-state index is 12.2. The Hall–Kier alpha value is -2.49. The number of anilines is 1. The van der Waals surface area contributed by atoms with Crippen LogP contribution in [0.1, 0.15) is 11.1 Å². The molecule has 2 aromatic rings. The van der Waals surface area contributed by atoms with Crippen molar-refractivity contribution in [1.82, 2.24) is 5.32 Å². The lowest BCUT2D eigenvalue weighted by atomic mass is 10.1. The summed E-state index contributed by atoms with van der Waals surface area (Å²) in [5, 5.41) is 3.01. The molecule has 2 aliphatic rings. The minimum absolute atomic E-state index is 0.0437. The Morgan fingerprint density at radius 1 is 1.13 bits per heavy atom. The summed E-state index contributed by atoms with van der Waals surface area (Å²) < 4.78 is 5.86. The van der Waals surface area contributed by atoms with Crippen LogP contribution in [0.25, 0.3) is 0 Å². The van der Waals surface area contributed by atoms with Gasteiger partial charge in [0.1, 0.15) is 11.9 Å². The third-order valence-electron chi connectivity index (χ3n) is 4.56. The SMILES string of the molecule is O=C(CN1CCc2ccccc21)NCC1Cc2ccccc2O1. The standard InChI is InChI=1S/C19H20N2O2/c22-19(13-21-10-9-14-5-1-3-7-17(14)21)20-12-16-11-15-6-2-4-8-18(15)23-16/h1-8,16H,9-13H2,(H,20,22). The molecule has 4 rings (SSSR count). The molecule has 0 aliphatic carbocycles. The molecule has 0 aromatic heterocycles. The van der Waals surface area contributed by atoms with Crippen molar-refractivity contribution in [3.8, 4) is 5.75 Å². The van der Waals surface area contributed by atoms with Crippen molar-refractivity contribution in [1.29, 1.82) is 0 Å². The first-order valence-corrected chi connectivity index (χ1v) is 8.14. The molecule has 0 saturated heterocycles. The lowest BCUT2D eigenvalue weighted by Gasteiger charge is -2.19. The quantitative estimate of drug-likeness (QED) is 0.941. The Morgan fingerprint density at radius 3 is 2.78 bits per heavy atom. The Kier molecular flexibility index (Phi) is 3.66. The van der Waals surface area contributed by atoms with Crippen LogP contribution in [0.2, 0.25) is 0 Å². The van der Waals surface area contributed by atoms with Crippen molar-refractivity contribution in [2.45, 2.75) is 18.9 Å². The van der Waals surface area contributed by atoms with Crippen molar-refractivity contribution < 1.29 is 9.53 Å². The topological polar surface area (TPSA) is 41.6 Å². The smallest absolute Gasteiger partial charge is 0.239 e. The van der Waals surface area contributed by atoms with Crippen LogP contribution in [0, 0.1) is 0 Å². The zero-order valence-corrected chi connectivity index (χ0v) is 13.0. The predicted octanol–water partition coefficient (Wildman–Crippen LogP) is 2.17. The number of hydrogen-bond acceptors (Lipinski definition) is 3. The fourth-order valence-corrected chi connectivity index (χ4v) is 3.40. The highest BCUT2D eigenvalue weighted by molar-refractivity contribution is 5.82. The Balaban J connectivity index is 1.29. The van der Waals surface area contributed by atoms with Gasteiger partial charge in [0, 0.05) is 18.7 Å². The van der Waals surface area contributed by atoms with Gasteiger partial charge < -0.3 is 15.0 Å². The monoisotopic (exact) mass is 308 g/mol. The molecule has 1 atom stereocenters. The van der Waals surface area contributed by atoms with Crippen molar-refractivity contribution in [2.75, 3.05) is 24.5 Å². The summed E-state index contributed by atoms with van der Waals surface area (Å²) >= 11 is 0. The highest BCUT2D eigenvalue weighted by atomic mass is 16.5. The van der Waals surface area contributed by atoms with Crippen molar-refractivity contribution in [3.63, 3.8) is 0 Å². The van der Waals surface area contributed by atoms with E-state index in [9.17, 15) is 4.79 Å². The van der Waals surface area contributed by atoms with E-state index in [1.165, 1.54) is 16.8 Å². The average Bonchev–Trinajstić information content (AvgIpc) is 3.17. The van der Waals surface area contributed by atoms with Gasteiger partial charge in [-0.15, -0.1) is 0 Å². The zero-order chi connectivity index (χ0) is 15.6. The number of carbonyl (C=O) groups is 1. The summed E-state index contributed by atoms with van der Waals surface area (Å²) in [6.07, 6.45) is 1.93. The van der Waals surface area contributed by atoms with Gasteiger partial charge in [0.25, 0.3) is 0 Å². The minimum Gasteiger partial charge on any atom is -0.488 e. The van der Waals surface area contributed by atoms with E-state index < -0.39 is 0 Å². The van der Waals surface area contributed by atoms with Gasteiger partial charge in [-0.05, 0) is 29.7 Å². The molecule has 4 nitrogen and oxygen atoms in total. The molecule has 1 unspecified atom stereocenters. The van der Waals surface area contributed by atoms with Gasteiger partial charge in [0.15, 0.2) is 0 Å². The molecule has 2 heterocycles. The van der Waals surface area contributed by atoms with Crippen LogP contribution in [-0.4, -0.2) is 31.6 Å². The first-order valence-electron chi connectivity index (χ1n) is 8.14. The Morgan fingerprint density at radius 2 is 1.91 bits per heavy atom. The fourth-order valence-electron chi connectivity index (χ4n) is 3.40. The molecule has 23 heavy (non-hydrogen) atoms. The van der Waals surface area contributed by atoms with Gasteiger partial charge in [-0.25, -0.2) is 0 Å². The number of hydrogen-bond donors (Lipinski definition) is 1. The van der Waals surface area contributed by atoms with E-state index >= 15 is 0 Å². The second-order valence-electron chi connectivity index (χ2n) is 6.16. The lowest BCUT2D eigenvalue weighted by Crippen LogP contribution is -2.40. The number of fused-ring (bicyclic) bond motifs is 2. The number of benzene rings is 2. The molecule has 0 saturated carbocycles. The molecule has 2 aromatic carbocycles. The van der Waals surface area contributed by atoms with E-state index in [1.807, 2.05) is 24.3 Å². The fraction of sp³-hybridized carbons (Fsp3) is 0.316. The van der Waals surface area contributed by atoms with E-state index in [0.717, 1.165) is 25.1 Å². The summed E-state index contributed by atoms with van der Waals surface area (Å²) in [5.74, 6) is 1.00. The third kappa shape index (κ3) is 2.89. The molecule has 0 spiro atoms. The molecular formula is C19H20N2O2. The number of carbonyl (C=O) groups excluding carboxylic acids is 1. The van der Waals surface area contributed by atoms with Crippen LogP contribution < -0.4 is 15.0 Å². The number of nitrogens with zero attached hydrogens (tertiary/aromatic N) is 1. The van der Waals surface area contributed by atoms with Crippen LogP contribution in [0.3, 0.4) is 0 Å². The normalized spacial score (nSPS) is 18.3. The van der Waals surface area contributed by atoms with Gasteiger partial charge in [0.05, 0.1) is 13.1 Å². The van der Waals surface area contributed by atoms with Gasteiger partial charge in [-0.1, -0.05) is 36.4 Å². The van der Waals surface area contributed by atoms with Crippen LogP contribution in [0.15, 0.2) is 48.5 Å². The molecule has 0 fully saturated rings. The molecule has 4 heteroatoms. The van der Waals surface area contributed by atoms with E-state index in [4.69, 9.17) is 4.74 Å². The number of para-hydroxylation sites is 2. The van der Waals surface area contributed by atoms with E-state index in [1.54, 1.807) is 0 Å². The predicted molar refractivity (Wildman–Crippen MR) is 89.9 cm³/mol. The molecule has 1 N–H and O–H groups in total. The second-order valence-corrected chi connectivity index (χ2v) is 6.16. The largest absolute Gasteiger partial charge is 0.488 e. The van der Waals surface area contributed by atoms with E-state index in [2.05, 4.69) is 34.5 Å². The first kappa shape index (κ1) is 14.1. The average molecular weight is 308 g/mol. The summed E-state index contributed by atoms with van der Waals surface area (Å²) in [6, 6.07) is 16.4. The van der Waals surface area contributed by atoms with Crippen molar-refractivity contribution in [2.24, 2.45) is 0 Å². The summed E-state index contributed by atoms with van der Waals surface area (Å²) in [5.41, 5.74) is 3.74. The van der Waals surface area contributed by atoms with Crippen molar-refractivity contribution in [3.05, 3.63) is 59.7 Å². The van der Waals surface area contributed by atoms with Gasteiger partial charge in [-0.2, -0.15) is 0 Å². The second kappa shape index (κ2) is 5.95. The van der Waals surface area contributed by atoms with E-state index in [-0.39, 0.29) is 12.0 Å². The van der Waals surface area contributed by atoms with Gasteiger partial charge in [0.2, 0.25) is 5.91 Å². The first-order chi connectivity index (χ1) is 11.3. The molecule has 1 amide bonds. The highest BCUT2D eigenvalue weighted by Crippen LogP contribution is 2.28. The molecule has 0 bridgehead atoms. The third-order valence-corrected chi connectivity index (χ3v) is 4.56. The maximum atomic E-state index is 12.2. The molecule has 0 radical (unpaired) electrons. The number of ether oxygens (including phenoxy) is 1. The highest BCUT2D eigenvalue weighted by Gasteiger charge is 2.24. The van der Waals surface area contributed by atoms with E-state index in [0.29, 0.717) is 13.1 Å². The zero-order valence-electron chi connectivity index (χ0n) is 13.0. The number of amides is 1. The van der Waals surface area contributed by atoms with Crippen LogP contribution in [0.5, 0.6) is 5.75 Å². The molecule has 2 aliphatic heterocycles. The Bertz CT molecular complexity index is 704. The minimum atomic E-state index is 0.0437. The van der Waals surface area contributed by atoms with Crippen molar-refractivity contribution >= 4 is 11.6 Å². The summed E-state index contributed by atoms with van der Waals surface area (Å²) in [4.78, 5) is 14.4. The summed E-state index contributed by atoms with van der Waals surface area (Å²) in [7, 11) is 0. The van der Waals surface area contributed by atoms with Crippen LogP contribution in [-0.2, 0) is 17.6 Å². The van der Waals surface area contributed by atoms with Crippen LogP contribution in [0.4, 0.5) is 5.69 Å². The maximum Gasteiger partial charge on any atom is 0.239 e. The molecular weight excluding hydrogens is 288 g/mol. The Labute approximate surface area is 136 Å². The van der Waals surface area contributed by atoms with Gasteiger partial charge in [-0.3, -0.25) is 4.79 Å². The van der Waals surface area contributed by atoms with Crippen LogP contribution >= 0.6 is 0 Å².